The van der Waals surface area contributed by atoms with Crippen LogP contribution in [-0.2, 0) is 65.9 Å². The highest BCUT2D eigenvalue weighted by Crippen LogP contribution is 2.53. The Kier molecular flexibility index (Phi) is 16.0. The first-order chi connectivity index (χ1) is 36.6. The van der Waals surface area contributed by atoms with Crippen LogP contribution in [0.5, 0.6) is 0 Å². The van der Waals surface area contributed by atoms with E-state index in [1.165, 1.54) is 94.4 Å². The van der Waals surface area contributed by atoms with Gasteiger partial charge in [0, 0.05) is 78.1 Å². The van der Waals surface area contributed by atoms with E-state index in [4.69, 9.17) is 14.2 Å². The van der Waals surface area contributed by atoms with E-state index in [-0.39, 0.29) is 73.3 Å². The summed E-state index contributed by atoms with van der Waals surface area (Å²) in [6, 6.07) is 12.2. The SMILES string of the molecule is CC(NC(=O)Cn1nnnc1C(F)(F)F)C1C(=O)N2C(C(=O)OCc3ccc([N+](=O)[O-])cc3)=C(S[C@H]3C[C@@H](C(=O)N4CC[C@@H](NC(=O)OCc5ccc([N+](=O)[O-])cc5)C4)N(C(=O)OCc4ccc([N+](=O)[O-])cc4)C3)C(C)C12. The van der Waals surface area contributed by atoms with Crippen LogP contribution in [0.1, 0.15) is 49.2 Å². The minimum absolute atomic E-state index is 0.00642. The summed E-state index contributed by atoms with van der Waals surface area (Å²) < 4.78 is 57.3. The van der Waals surface area contributed by atoms with Crippen molar-refractivity contribution in [1.82, 2.24) is 45.5 Å². The van der Waals surface area contributed by atoms with Gasteiger partial charge in [0.25, 0.3) is 22.9 Å². The number of nitrogens with zero attached hydrogens (tertiary/aromatic N) is 10. The second-order valence-corrected chi connectivity index (χ2v) is 19.6. The molecule has 0 aliphatic carbocycles. The fraction of sp³-hybridized carbons (Fsp3) is 0.413. The zero-order chi connectivity index (χ0) is 55.5. The zero-order valence-corrected chi connectivity index (χ0v) is 41.3. The number of nitro benzene ring substituents is 3. The van der Waals surface area contributed by atoms with Gasteiger partial charge in [-0.3, -0.25) is 49.6 Å². The van der Waals surface area contributed by atoms with Crippen molar-refractivity contribution < 1.29 is 70.9 Å². The van der Waals surface area contributed by atoms with Gasteiger partial charge < -0.3 is 34.6 Å². The Balaban J connectivity index is 1.00. The lowest BCUT2D eigenvalue weighted by Gasteiger charge is -2.47. The highest BCUT2D eigenvalue weighted by atomic mass is 32.2. The van der Waals surface area contributed by atoms with Crippen LogP contribution < -0.4 is 10.6 Å². The number of amides is 5. The molecule has 4 aromatic rings. The van der Waals surface area contributed by atoms with Crippen molar-refractivity contribution in [2.24, 2.45) is 11.8 Å². The van der Waals surface area contributed by atoms with Gasteiger partial charge in [-0.05, 0) is 83.3 Å². The molecule has 4 aliphatic heterocycles. The lowest BCUT2D eigenvalue weighted by atomic mass is 9.78. The summed E-state index contributed by atoms with van der Waals surface area (Å²) in [6.45, 7) is 1.28. The Morgan fingerprint density at radius 2 is 1.36 bits per heavy atom. The Bertz CT molecular complexity index is 3020. The number of esters is 1. The van der Waals surface area contributed by atoms with Gasteiger partial charge in [-0.2, -0.15) is 13.2 Å². The van der Waals surface area contributed by atoms with Crippen LogP contribution in [-0.4, -0.2) is 135 Å². The van der Waals surface area contributed by atoms with Crippen LogP contribution in [0, 0.1) is 42.2 Å². The fourth-order valence-corrected chi connectivity index (χ4v) is 11.0. The van der Waals surface area contributed by atoms with Gasteiger partial charge in [-0.15, -0.1) is 16.9 Å². The van der Waals surface area contributed by atoms with Gasteiger partial charge in [0.05, 0.1) is 32.8 Å². The number of tetrazole rings is 1. The quantitative estimate of drug-likeness (QED) is 0.0458. The molecular formula is C46H45F3N12O15S. The number of thioether (sulfide) groups is 1. The number of hydrogen-bond donors (Lipinski definition) is 2. The average molecular weight is 1090 g/mol. The number of β-lactam (4-membered cyclic amide) rings is 1. The van der Waals surface area contributed by atoms with Crippen LogP contribution in [0.2, 0.25) is 0 Å². The standard InChI is InChI=1S/C46H45F3N12O15S/c1-24-37-36(25(2)50-35(62)20-57-43(46(47,48)49)52-53-54-57)41(64)58(37)38(42(65)74-21-26-3-9-30(10-4-26)59(68)69)39(24)77-33-17-34(56(19-33)45(67)76-23-28-7-13-32(14-8-28)61(72)73)40(63)55-16-15-29(18-55)51-44(66)75-22-27-5-11-31(12-6-27)60(70)71/h3-14,24-25,29,33-34,36-37H,15-23H2,1-2H3,(H,50,62)(H,51,66)/t24?,25?,29-,33+,34+,36?,37?/m1/s1. The number of hydrogen-bond acceptors (Lipinski definition) is 19. The van der Waals surface area contributed by atoms with Crippen molar-refractivity contribution in [3.05, 3.63) is 136 Å². The number of alkyl carbamates (subject to hydrolysis) is 1. The molecule has 3 aromatic carbocycles. The first-order valence-corrected chi connectivity index (χ1v) is 24.3. The molecule has 1 aromatic heterocycles. The van der Waals surface area contributed by atoms with E-state index in [9.17, 15) is 72.3 Å². The van der Waals surface area contributed by atoms with Crippen LogP contribution in [0.4, 0.5) is 39.8 Å². The second-order valence-electron chi connectivity index (χ2n) is 18.3. The van der Waals surface area contributed by atoms with Crippen LogP contribution in [0.25, 0.3) is 0 Å². The first-order valence-electron chi connectivity index (χ1n) is 23.5. The summed E-state index contributed by atoms with van der Waals surface area (Å²) >= 11 is 1.09. The molecule has 4 unspecified atom stereocenters. The van der Waals surface area contributed by atoms with Gasteiger partial charge in [0.1, 0.15) is 38.1 Å². The van der Waals surface area contributed by atoms with E-state index in [0.29, 0.717) is 28.0 Å². The number of rotatable bonds is 18. The molecule has 2 N–H and O–H groups in total. The Hall–Kier alpha value is -8.77. The predicted molar refractivity (Wildman–Crippen MR) is 255 cm³/mol. The number of nitrogens with one attached hydrogen (secondary N) is 2. The van der Waals surface area contributed by atoms with Crippen molar-refractivity contribution in [2.45, 2.75) is 88.6 Å². The van der Waals surface area contributed by atoms with Crippen molar-refractivity contribution in [3.8, 4) is 0 Å². The smallest absolute Gasteiger partial charge is 0.453 e. The molecule has 3 fully saturated rings. The van der Waals surface area contributed by atoms with Gasteiger partial charge in [-0.25, -0.2) is 19.1 Å². The van der Waals surface area contributed by atoms with E-state index in [0.717, 1.165) is 11.8 Å². The van der Waals surface area contributed by atoms with Crippen LogP contribution in [0.3, 0.4) is 0 Å². The Morgan fingerprint density at radius 3 is 1.91 bits per heavy atom. The highest BCUT2D eigenvalue weighted by Gasteiger charge is 2.61. The third-order valence-corrected chi connectivity index (χ3v) is 14.7. The molecule has 31 heteroatoms. The topological polar surface area (TPSA) is 337 Å². The fourth-order valence-electron chi connectivity index (χ4n) is 9.46. The summed E-state index contributed by atoms with van der Waals surface area (Å²) in [5, 5.41) is 47.2. The zero-order valence-electron chi connectivity index (χ0n) is 40.5. The summed E-state index contributed by atoms with van der Waals surface area (Å²) in [5.41, 5.74) is 0.487. The molecule has 406 valence electrons. The molecular weight excluding hydrogens is 1050 g/mol. The molecule has 27 nitrogen and oxygen atoms in total. The number of ether oxygens (including phenoxy) is 3. The van der Waals surface area contributed by atoms with Gasteiger partial charge in [-0.1, -0.05) is 6.92 Å². The molecule has 77 heavy (non-hydrogen) atoms. The molecule has 8 rings (SSSR count). The van der Waals surface area contributed by atoms with E-state index in [2.05, 4.69) is 26.2 Å². The molecule has 0 spiro atoms. The van der Waals surface area contributed by atoms with Gasteiger partial charge in [0.15, 0.2) is 0 Å². The minimum atomic E-state index is -4.98. The Labute approximate surface area is 436 Å². The molecule has 0 radical (unpaired) electrons. The number of fused-ring (bicyclic) bond motifs is 1. The number of halogens is 3. The third kappa shape index (κ3) is 12.2. The maximum absolute atomic E-state index is 14.5. The van der Waals surface area contributed by atoms with E-state index in [1.807, 2.05) is 0 Å². The van der Waals surface area contributed by atoms with Crippen molar-refractivity contribution >= 4 is 64.7 Å². The van der Waals surface area contributed by atoms with Crippen LogP contribution in [0.15, 0.2) is 83.4 Å². The highest BCUT2D eigenvalue weighted by molar-refractivity contribution is 8.03. The summed E-state index contributed by atoms with van der Waals surface area (Å²) in [4.78, 5) is 119. The lowest BCUT2D eigenvalue weighted by Crippen LogP contribution is -2.66. The summed E-state index contributed by atoms with van der Waals surface area (Å²) in [7, 11) is 0. The van der Waals surface area contributed by atoms with Gasteiger partial charge in [0.2, 0.25) is 17.7 Å². The number of carbonyl (C=O) groups is 6. The third-order valence-electron chi connectivity index (χ3n) is 13.2. The average Bonchev–Trinajstić information content (AvgIpc) is 4.21. The maximum Gasteiger partial charge on any atom is 0.453 e. The van der Waals surface area contributed by atoms with E-state index < -0.39 is 110 Å². The molecule has 3 saturated heterocycles. The maximum atomic E-state index is 14.5. The van der Waals surface area contributed by atoms with Gasteiger partial charge >= 0.3 is 24.3 Å². The summed E-state index contributed by atoms with van der Waals surface area (Å²) in [6.07, 6.45) is -6.47. The monoisotopic (exact) mass is 1090 g/mol. The first kappa shape index (κ1) is 54.5. The van der Waals surface area contributed by atoms with E-state index >= 15 is 0 Å². The number of benzene rings is 3. The number of aromatic nitrogens is 4. The molecule has 5 heterocycles. The minimum Gasteiger partial charge on any atom is -0.456 e. The number of non-ortho nitro benzene ring substituents is 3. The van der Waals surface area contributed by atoms with Crippen molar-refractivity contribution in [1.29, 1.82) is 0 Å². The van der Waals surface area contributed by atoms with Crippen molar-refractivity contribution in [3.63, 3.8) is 0 Å². The normalized spacial score (nSPS) is 21.2. The number of carbonyl (C=O) groups excluding carboxylic acids is 6. The van der Waals surface area contributed by atoms with Crippen molar-refractivity contribution in [2.75, 3.05) is 19.6 Å². The Morgan fingerprint density at radius 1 is 0.818 bits per heavy atom. The largest absolute Gasteiger partial charge is 0.456 e. The predicted octanol–water partition coefficient (Wildman–Crippen LogP) is 4.39. The number of nitro groups is 3. The number of alkyl halides is 3. The number of likely N-dealkylation sites (tertiary alicyclic amines) is 2. The molecule has 0 saturated carbocycles. The second kappa shape index (κ2) is 22.6. The molecule has 5 amide bonds. The summed E-state index contributed by atoms with van der Waals surface area (Å²) in [5.74, 6) is -6.34. The van der Waals surface area contributed by atoms with Crippen LogP contribution >= 0.6 is 11.8 Å². The molecule has 4 aliphatic rings. The lowest BCUT2D eigenvalue weighted by molar-refractivity contribution is -0.385. The van der Waals surface area contributed by atoms with E-state index in [1.54, 1.807) is 6.92 Å². The molecule has 7 atom stereocenters. The molecule has 0 bridgehead atoms.